The molecule has 3 rings (SSSR count). The second-order valence-electron chi connectivity index (χ2n) is 4.86. The summed E-state index contributed by atoms with van der Waals surface area (Å²) in [5.41, 5.74) is 2.49. The smallest absolute Gasteiger partial charge is 0.277 e. The van der Waals surface area contributed by atoms with E-state index in [1.165, 1.54) is 0 Å². The number of hydrogen-bond donors (Lipinski definition) is 1. The van der Waals surface area contributed by atoms with Crippen LogP contribution in [-0.2, 0) is 20.5 Å². The number of fused-ring (bicyclic) bond motifs is 1. The molecule has 0 fully saturated rings. The molecule has 1 N–H and O–H groups in total. The molecule has 104 valence electrons. The number of H-pyrrole nitrogens is 1. The highest BCUT2D eigenvalue weighted by molar-refractivity contribution is 5.78. The van der Waals surface area contributed by atoms with E-state index >= 15 is 0 Å². The minimum Gasteiger partial charge on any atom is -0.340 e. The molecule has 0 amide bonds. The fourth-order valence-electron chi connectivity index (χ4n) is 2.31. The van der Waals surface area contributed by atoms with Crippen molar-refractivity contribution in [1.82, 2.24) is 29.3 Å². The maximum absolute atomic E-state index is 12.2. The Labute approximate surface area is 115 Å². The number of nitrogens with zero attached hydrogens (tertiary/aromatic N) is 5. The molecular weight excluding hydrogens is 256 g/mol. The Hall–Kier alpha value is -2.44. The van der Waals surface area contributed by atoms with E-state index in [1.807, 2.05) is 17.8 Å². The third kappa shape index (κ3) is 1.91. The molecule has 0 spiro atoms. The largest absolute Gasteiger partial charge is 0.340 e. The Kier molecular flexibility index (Phi) is 2.89. The molecule has 0 aliphatic heterocycles. The minimum absolute atomic E-state index is 0.187. The number of aromatic amines is 1. The van der Waals surface area contributed by atoms with E-state index < -0.39 is 0 Å². The molecule has 0 atom stereocenters. The van der Waals surface area contributed by atoms with Crippen molar-refractivity contribution in [2.75, 3.05) is 0 Å². The van der Waals surface area contributed by atoms with Gasteiger partial charge < -0.3 is 9.55 Å². The number of hydrogen-bond acceptors (Lipinski definition) is 4. The predicted molar refractivity (Wildman–Crippen MR) is 75.3 cm³/mol. The van der Waals surface area contributed by atoms with E-state index in [4.69, 9.17) is 0 Å². The Balaban J connectivity index is 2.27. The van der Waals surface area contributed by atoms with Crippen molar-refractivity contribution in [2.45, 2.75) is 19.8 Å². The molecule has 7 nitrogen and oxygen atoms in total. The molecule has 0 unspecified atom stereocenters. The van der Waals surface area contributed by atoms with Crippen LogP contribution in [0.15, 0.2) is 17.3 Å². The van der Waals surface area contributed by atoms with Gasteiger partial charge in [-0.3, -0.25) is 9.48 Å². The third-order valence-corrected chi connectivity index (χ3v) is 3.20. The lowest BCUT2D eigenvalue weighted by molar-refractivity contribution is 0.751. The van der Waals surface area contributed by atoms with Gasteiger partial charge in [0.2, 0.25) is 0 Å². The van der Waals surface area contributed by atoms with Crippen LogP contribution in [0.4, 0.5) is 0 Å². The number of rotatable bonds is 3. The van der Waals surface area contributed by atoms with E-state index in [1.54, 1.807) is 18.1 Å². The summed E-state index contributed by atoms with van der Waals surface area (Å²) in [5.74, 6) is 0.480. The summed E-state index contributed by atoms with van der Waals surface area (Å²) in [4.78, 5) is 23.8. The molecule has 0 radical (unpaired) electrons. The first-order chi connectivity index (χ1) is 9.60. The first kappa shape index (κ1) is 12.6. The Bertz CT molecular complexity index is 825. The van der Waals surface area contributed by atoms with E-state index in [-0.39, 0.29) is 5.56 Å². The van der Waals surface area contributed by atoms with Crippen molar-refractivity contribution in [2.24, 2.45) is 14.1 Å². The van der Waals surface area contributed by atoms with Crippen LogP contribution in [0.2, 0.25) is 0 Å². The first-order valence-corrected chi connectivity index (χ1v) is 6.54. The summed E-state index contributed by atoms with van der Waals surface area (Å²) in [6.45, 7) is 2.08. The van der Waals surface area contributed by atoms with Crippen LogP contribution in [0.3, 0.4) is 0 Å². The van der Waals surface area contributed by atoms with Crippen molar-refractivity contribution in [3.8, 4) is 11.5 Å². The number of aryl methyl sites for hydroxylation is 3. The standard InChI is InChI=1S/C13H16N6O/c1-4-5-8-10-11(19(3)17-8)13(20)16-12(15-10)9-6-18(2)7-14-9/h6-7H,4-5H2,1-3H3,(H,15,16,20). The Morgan fingerprint density at radius 3 is 2.80 bits per heavy atom. The lowest BCUT2D eigenvalue weighted by Crippen LogP contribution is -2.12. The van der Waals surface area contributed by atoms with Crippen LogP contribution >= 0.6 is 0 Å². The molecule has 0 aliphatic carbocycles. The van der Waals surface area contributed by atoms with Gasteiger partial charge >= 0.3 is 0 Å². The normalized spacial score (nSPS) is 11.3. The minimum atomic E-state index is -0.187. The van der Waals surface area contributed by atoms with Gasteiger partial charge in [-0.1, -0.05) is 13.3 Å². The van der Waals surface area contributed by atoms with Crippen molar-refractivity contribution in [3.63, 3.8) is 0 Å². The van der Waals surface area contributed by atoms with E-state index in [0.29, 0.717) is 22.6 Å². The van der Waals surface area contributed by atoms with Crippen LogP contribution in [-0.4, -0.2) is 29.3 Å². The molecular formula is C13H16N6O. The molecule has 3 heterocycles. The van der Waals surface area contributed by atoms with Crippen LogP contribution in [0.1, 0.15) is 19.0 Å². The van der Waals surface area contributed by atoms with Crippen molar-refractivity contribution >= 4 is 11.0 Å². The van der Waals surface area contributed by atoms with Crippen LogP contribution in [0, 0.1) is 0 Å². The van der Waals surface area contributed by atoms with Gasteiger partial charge in [0.05, 0.1) is 12.0 Å². The zero-order chi connectivity index (χ0) is 14.3. The molecule has 0 saturated heterocycles. The van der Waals surface area contributed by atoms with Gasteiger partial charge in [-0.25, -0.2) is 9.97 Å². The molecule has 0 aromatic carbocycles. The lowest BCUT2D eigenvalue weighted by Gasteiger charge is -1.98. The van der Waals surface area contributed by atoms with Crippen LogP contribution < -0.4 is 5.56 Å². The summed E-state index contributed by atoms with van der Waals surface area (Å²) < 4.78 is 3.41. The Morgan fingerprint density at radius 2 is 2.15 bits per heavy atom. The van der Waals surface area contributed by atoms with Gasteiger partial charge in [0.1, 0.15) is 11.2 Å². The fraction of sp³-hybridized carbons (Fsp3) is 0.385. The lowest BCUT2D eigenvalue weighted by atomic mass is 10.2. The van der Waals surface area contributed by atoms with E-state index in [0.717, 1.165) is 18.5 Å². The quantitative estimate of drug-likeness (QED) is 0.771. The maximum Gasteiger partial charge on any atom is 0.277 e. The summed E-state index contributed by atoms with van der Waals surface area (Å²) >= 11 is 0. The average molecular weight is 272 g/mol. The highest BCUT2D eigenvalue weighted by Gasteiger charge is 2.15. The van der Waals surface area contributed by atoms with Gasteiger partial charge in [0, 0.05) is 20.3 Å². The SMILES string of the molecule is CCCc1nn(C)c2c(=O)[nH]c(-c3cn(C)cn3)nc12. The monoisotopic (exact) mass is 272 g/mol. The fourth-order valence-corrected chi connectivity index (χ4v) is 2.31. The van der Waals surface area contributed by atoms with Crippen molar-refractivity contribution in [3.05, 3.63) is 28.6 Å². The second kappa shape index (κ2) is 4.59. The summed E-state index contributed by atoms with van der Waals surface area (Å²) in [6, 6.07) is 0. The molecule has 3 aromatic rings. The van der Waals surface area contributed by atoms with Gasteiger partial charge in [-0.2, -0.15) is 5.10 Å². The van der Waals surface area contributed by atoms with Gasteiger partial charge in [0.15, 0.2) is 11.3 Å². The average Bonchev–Trinajstić information content (AvgIpc) is 2.95. The second-order valence-corrected chi connectivity index (χ2v) is 4.86. The van der Waals surface area contributed by atoms with Gasteiger partial charge in [0.25, 0.3) is 5.56 Å². The molecule has 3 aromatic heterocycles. The zero-order valence-corrected chi connectivity index (χ0v) is 11.7. The summed E-state index contributed by atoms with van der Waals surface area (Å²) in [6.07, 6.45) is 5.25. The van der Waals surface area contributed by atoms with Crippen molar-refractivity contribution < 1.29 is 0 Å². The molecule has 20 heavy (non-hydrogen) atoms. The van der Waals surface area contributed by atoms with E-state index in [2.05, 4.69) is 27.0 Å². The number of nitrogens with one attached hydrogen (secondary N) is 1. The topological polar surface area (TPSA) is 81.4 Å². The number of aromatic nitrogens is 6. The predicted octanol–water partition coefficient (Wildman–Crippen LogP) is 1.01. The summed E-state index contributed by atoms with van der Waals surface area (Å²) in [7, 11) is 3.64. The van der Waals surface area contributed by atoms with Gasteiger partial charge in [-0.15, -0.1) is 0 Å². The first-order valence-electron chi connectivity index (χ1n) is 6.54. The molecule has 0 bridgehead atoms. The van der Waals surface area contributed by atoms with Crippen LogP contribution in [0.5, 0.6) is 0 Å². The highest BCUT2D eigenvalue weighted by atomic mass is 16.1. The Morgan fingerprint density at radius 1 is 1.35 bits per heavy atom. The van der Waals surface area contributed by atoms with Crippen LogP contribution in [0.25, 0.3) is 22.6 Å². The third-order valence-electron chi connectivity index (χ3n) is 3.20. The molecule has 7 heteroatoms. The van der Waals surface area contributed by atoms with Gasteiger partial charge in [-0.05, 0) is 6.42 Å². The summed E-state index contributed by atoms with van der Waals surface area (Å²) in [5, 5.41) is 4.39. The molecule has 0 aliphatic rings. The molecule has 0 saturated carbocycles. The number of imidazole rings is 1. The zero-order valence-electron chi connectivity index (χ0n) is 11.7. The van der Waals surface area contributed by atoms with Crippen molar-refractivity contribution in [1.29, 1.82) is 0 Å². The van der Waals surface area contributed by atoms with E-state index in [9.17, 15) is 4.79 Å². The maximum atomic E-state index is 12.2. The highest BCUT2D eigenvalue weighted by Crippen LogP contribution is 2.17.